The summed E-state index contributed by atoms with van der Waals surface area (Å²) in [5.74, 6) is 0.961. The fraction of sp³-hybridized carbons (Fsp3) is 0.360. The molecule has 1 aliphatic rings. The average molecular weight is 494 g/mol. The molecule has 0 unspecified atom stereocenters. The molecule has 3 amide bonds. The number of amides is 3. The summed E-state index contributed by atoms with van der Waals surface area (Å²) >= 11 is 0. The summed E-state index contributed by atoms with van der Waals surface area (Å²) < 4.78 is 6.02. The molecule has 3 atom stereocenters. The lowest BCUT2D eigenvalue weighted by Gasteiger charge is -2.23. The minimum Gasteiger partial charge on any atom is -0.361 e. The van der Waals surface area contributed by atoms with Crippen molar-refractivity contribution >= 4 is 29.2 Å². The van der Waals surface area contributed by atoms with E-state index in [-0.39, 0.29) is 41.8 Å². The number of nitrogens with one attached hydrogen (secondary N) is 3. The number of ketones is 1. The van der Waals surface area contributed by atoms with Gasteiger partial charge < -0.3 is 25.0 Å². The molecule has 36 heavy (non-hydrogen) atoms. The van der Waals surface area contributed by atoms with E-state index in [2.05, 4.69) is 27.0 Å². The fourth-order valence-electron chi connectivity index (χ4n) is 3.83. The first-order valence-electron chi connectivity index (χ1n) is 11.4. The first-order chi connectivity index (χ1) is 17.2. The van der Waals surface area contributed by atoms with Gasteiger partial charge in [0, 0.05) is 37.2 Å². The van der Waals surface area contributed by atoms with E-state index in [0.717, 1.165) is 4.57 Å². The maximum Gasteiger partial charge on any atom is 0.278 e. The summed E-state index contributed by atoms with van der Waals surface area (Å²) in [6.07, 6.45) is 10.5. The number of pyridine rings is 1. The Morgan fingerprint density at radius 3 is 2.78 bits per heavy atom. The van der Waals surface area contributed by atoms with Crippen molar-refractivity contribution in [1.82, 2.24) is 20.4 Å². The van der Waals surface area contributed by atoms with E-state index in [1.165, 1.54) is 43.5 Å². The second kappa shape index (κ2) is 11.8. The number of nitrogens with zero attached hydrogens (tertiary/aromatic N) is 2. The van der Waals surface area contributed by atoms with Crippen LogP contribution >= 0.6 is 0 Å². The van der Waals surface area contributed by atoms with Gasteiger partial charge in [-0.05, 0) is 44.9 Å². The smallest absolute Gasteiger partial charge is 0.278 e. The van der Waals surface area contributed by atoms with Crippen LogP contribution in [0.3, 0.4) is 0 Å². The zero-order valence-corrected chi connectivity index (χ0v) is 19.9. The topological polar surface area (TPSA) is 152 Å². The molecule has 0 spiro atoms. The van der Waals surface area contributed by atoms with Crippen molar-refractivity contribution in [2.24, 2.45) is 5.92 Å². The molecule has 2 aromatic rings. The third-order valence-electron chi connectivity index (χ3n) is 5.63. The standard InChI is InChI=1S/C25H27N5O6/c1-4-6-21(24(34)27-18(9-8-15(2)31)14-17-10-11-26-22(17)32)30-12-5-7-19(25(30)35)28-23(33)20-13-16(3)36-29-20/h1,5,7-9,12-13,17-18,21H,6,10-11,14H2,2-3H3,(H,26,32)(H,27,34)(H,28,33)/b9-8+/t17-,18+,21-/m0/s1. The summed E-state index contributed by atoms with van der Waals surface area (Å²) in [5.41, 5.74) is -0.725. The van der Waals surface area contributed by atoms with Gasteiger partial charge in [-0.2, -0.15) is 0 Å². The Labute approximate surface area is 207 Å². The molecule has 0 radical (unpaired) electrons. The van der Waals surface area contributed by atoms with Crippen molar-refractivity contribution < 1.29 is 23.7 Å². The Kier molecular flexibility index (Phi) is 8.57. The van der Waals surface area contributed by atoms with Crippen LogP contribution in [0.2, 0.25) is 0 Å². The molecule has 11 heteroatoms. The highest BCUT2D eigenvalue weighted by molar-refractivity contribution is 6.02. The van der Waals surface area contributed by atoms with Crippen LogP contribution in [0.25, 0.3) is 0 Å². The minimum atomic E-state index is -1.10. The van der Waals surface area contributed by atoms with E-state index >= 15 is 0 Å². The van der Waals surface area contributed by atoms with Gasteiger partial charge in [-0.3, -0.25) is 24.0 Å². The molecule has 0 saturated carbocycles. The van der Waals surface area contributed by atoms with Gasteiger partial charge in [0.15, 0.2) is 11.5 Å². The van der Waals surface area contributed by atoms with Gasteiger partial charge in [-0.15, -0.1) is 12.3 Å². The summed E-state index contributed by atoms with van der Waals surface area (Å²) in [6.45, 7) is 3.54. The van der Waals surface area contributed by atoms with Gasteiger partial charge in [0.2, 0.25) is 11.8 Å². The first kappa shape index (κ1) is 26.2. The zero-order valence-electron chi connectivity index (χ0n) is 19.9. The van der Waals surface area contributed by atoms with E-state index < -0.39 is 29.5 Å². The molecular formula is C25H27N5O6. The maximum atomic E-state index is 13.3. The summed E-state index contributed by atoms with van der Waals surface area (Å²) in [4.78, 5) is 62.3. The predicted octanol–water partition coefficient (Wildman–Crippen LogP) is 1.12. The molecule has 0 aliphatic carbocycles. The van der Waals surface area contributed by atoms with Crippen molar-refractivity contribution in [2.75, 3.05) is 11.9 Å². The molecule has 3 rings (SSSR count). The Bertz CT molecular complexity index is 1280. The second-order valence-corrected chi connectivity index (χ2v) is 8.43. The number of anilines is 1. The van der Waals surface area contributed by atoms with Crippen molar-refractivity contribution in [2.45, 2.75) is 45.2 Å². The molecular weight excluding hydrogens is 466 g/mol. The molecule has 188 valence electrons. The molecule has 0 aromatic carbocycles. The molecule has 1 aliphatic heterocycles. The van der Waals surface area contributed by atoms with E-state index in [1.807, 2.05) is 0 Å². The van der Waals surface area contributed by atoms with Gasteiger partial charge in [-0.1, -0.05) is 11.2 Å². The van der Waals surface area contributed by atoms with Crippen LogP contribution in [0.5, 0.6) is 0 Å². The van der Waals surface area contributed by atoms with Gasteiger partial charge in [0.25, 0.3) is 11.5 Å². The summed E-state index contributed by atoms with van der Waals surface area (Å²) in [7, 11) is 0. The van der Waals surface area contributed by atoms with Gasteiger partial charge in [-0.25, -0.2) is 0 Å². The van der Waals surface area contributed by atoms with Gasteiger partial charge in [0.1, 0.15) is 17.5 Å². The van der Waals surface area contributed by atoms with Crippen LogP contribution in [0.4, 0.5) is 5.69 Å². The SMILES string of the molecule is C#CC[C@@H](C(=O)N[C@H](/C=C/C(C)=O)C[C@@H]1CCNC1=O)n1cccc(NC(=O)c2cc(C)on2)c1=O. The van der Waals surface area contributed by atoms with E-state index in [4.69, 9.17) is 10.9 Å². The second-order valence-electron chi connectivity index (χ2n) is 8.43. The molecule has 1 saturated heterocycles. The lowest BCUT2D eigenvalue weighted by molar-refractivity contribution is -0.126. The highest BCUT2D eigenvalue weighted by atomic mass is 16.5. The van der Waals surface area contributed by atoms with E-state index in [9.17, 15) is 24.0 Å². The van der Waals surface area contributed by atoms with Crippen molar-refractivity contribution in [1.29, 1.82) is 0 Å². The van der Waals surface area contributed by atoms with Crippen LogP contribution in [0.15, 0.2) is 45.9 Å². The number of allylic oxidation sites excluding steroid dienone is 1. The van der Waals surface area contributed by atoms with Crippen molar-refractivity contribution in [3.05, 3.63) is 58.4 Å². The van der Waals surface area contributed by atoms with Crippen LogP contribution in [0.1, 0.15) is 48.5 Å². The lowest BCUT2D eigenvalue weighted by Crippen LogP contribution is -2.43. The first-order valence-corrected chi connectivity index (χ1v) is 11.4. The average Bonchev–Trinajstić information content (AvgIpc) is 3.45. The Balaban J connectivity index is 1.83. The highest BCUT2D eigenvalue weighted by Crippen LogP contribution is 2.18. The fourth-order valence-corrected chi connectivity index (χ4v) is 3.83. The monoisotopic (exact) mass is 493 g/mol. The molecule has 2 aromatic heterocycles. The molecule has 3 N–H and O–H groups in total. The highest BCUT2D eigenvalue weighted by Gasteiger charge is 2.29. The largest absolute Gasteiger partial charge is 0.361 e. The third-order valence-corrected chi connectivity index (χ3v) is 5.63. The number of rotatable bonds is 10. The van der Waals surface area contributed by atoms with Crippen molar-refractivity contribution in [3.63, 3.8) is 0 Å². The molecule has 0 bridgehead atoms. The van der Waals surface area contributed by atoms with Crippen LogP contribution < -0.4 is 21.5 Å². The number of carbonyl (C=O) groups excluding carboxylic acids is 4. The summed E-state index contributed by atoms with van der Waals surface area (Å²) in [5, 5.41) is 11.6. The summed E-state index contributed by atoms with van der Waals surface area (Å²) in [6, 6.07) is 2.58. The van der Waals surface area contributed by atoms with Gasteiger partial charge in [0.05, 0.1) is 0 Å². The molecule has 3 heterocycles. The van der Waals surface area contributed by atoms with E-state index in [0.29, 0.717) is 18.7 Å². The third kappa shape index (κ3) is 6.56. The van der Waals surface area contributed by atoms with Gasteiger partial charge >= 0.3 is 0 Å². The Hall–Kier alpha value is -4.46. The predicted molar refractivity (Wildman–Crippen MR) is 130 cm³/mol. The number of aromatic nitrogens is 2. The number of aryl methyl sites for hydroxylation is 1. The Morgan fingerprint density at radius 1 is 1.39 bits per heavy atom. The van der Waals surface area contributed by atoms with Crippen molar-refractivity contribution in [3.8, 4) is 12.3 Å². The van der Waals surface area contributed by atoms with Crippen LogP contribution in [0, 0.1) is 25.2 Å². The van der Waals surface area contributed by atoms with Crippen LogP contribution in [-0.4, -0.2) is 45.8 Å². The number of carbonyl (C=O) groups is 4. The number of hydrogen-bond acceptors (Lipinski definition) is 7. The normalized spacial score (nSPS) is 16.7. The lowest BCUT2D eigenvalue weighted by atomic mass is 9.97. The van der Waals surface area contributed by atoms with E-state index in [1.54, 1.807) is 6.92 Å². The Morgan fingerprint density at radius 2 is 2.17 bits per heavy atom. The number of terminal acetylenes is 1. The minimum absolute atomic E-state index is 0.00345. The quantitative estimate of drug-likeness (QED) is 0.331. The molecule has 1 fully saturated rings. The maximum absolute atomic E-state index is 13.3. The zero-order chi connectivity index (χ0) is 26.2. The number of hydrogen-bond donors (Lipinski definition) is 3. The molecule has 11 nitrogen and oxygen atoms in total. The van der Waals surface area contributed by atoms with Crippen LogP contribution in [-0.2, 0) is 14.4 Å².